The standard InChI is InChI=1S/C15H25NO/c1-17-15-11-9-14(10-12-15)8-6-4-2-3-5-7-13-16/h9-12H,2-8,13,16H2,1H3. The lowest BCUT2D eigenvalue weighted by molar-refractivity contribution is 0.414. The second-order valence-electron chi connectivity index (χ2n) is 4.51. The fraction of sp³-hybridized carbons (Fsp3) is 0.600. The first-order valence-electron chi connectivity index (χ1n) is 6.70. The zero-order valence-electron chi connectivity index (χ0n) is 11.0. The molecular weight excluding hydrogens is 210 g/mol. The van der Waals surface area contributed by atoms with Gasteiger partial charge in [0.05, 0.1) is 7.11 Å². The summed E-state index contributed by atoms with van der Waals surface area (Å²) in [4.78, 5) is 0. The molecular formula is C15H25NO. The third-order valence-electron chi connectivity index (χ3n) is 3.08. The average Bonchev–Trinajstić information content (AvgIpc) is 2.38. The molecule has 0 unspecified atom stereocenters. The van der Waals surface area contributed by atoms with Gasteiger partial charge in [0, 0.05) is 0 Å². The summed E-state index contributed by atoms with van der Waals surface area (Å²) in [5, 5.41) is 0. The molecule has 0 atom stereocenters. The van der Waals surface area contributed by atoms with Gasteiger partial charge in [0.2, 0.25) is 0 Å². The van der Waals surface area contributed by atoms with E-state index in [9.17, 15) is 0 Å². The van der Waals surface area contributed by atoms with Crippen molar-refractivity contribution in [3.63, 3.8) is 0 Å². The van der Waals surface area contributed by atoms with E-state index in [1.807, 2.05) is 12.1 Å². The van der Waals surface area contributed by atoms with Crippen molar-refractivity contribution in [2.45, 2.75) is 44.9 Å². The summed E-state index contributed by atoms with van der Waals surface area (Å²) in [6, 6.07) is 8.40. The van der Waals surface area contributed by atoms with Gasteiger partial charge in [-0.25, -0.2) is 0 Å². The molecule has 0 bridgehead atoms. The Labute approximate surface area is 105 Å². The smallest absolute Gasteiger partial charge is 0.118 e. The number of hydrogen-bond acceptors (Lipinski definition) is 2. The Morgan fingerprint density at radius 3 is 2.06 bits per heavy atom. The van der Waals surface area contributed by atoms with Crippen molar-refractivity contribution in [2.75, 3.05) is 13.7 Å². The Morgan fingerprint density at radius 2 is 1.47 bits per heavy atom. The minimum atomic E-state index is 0.839. The van der Waals surface area contributed by atoms with Crippen LogP contribution in [0.4, 0.5) is 0 Å². The first-order valence-corrected chi connectivity index (χ1v) is 6.70. The molecule has 96 valence electrons. The highest BCUT2D eigenvalue weighted by Gasteiger charge is 1.95. The highest BCUT2D eigenvalue weighted by atomic mass is 16.5. The lowest BCUT2D eigenvalue weighted by Crippen LogP contribution is -1.97. The largest absolute Gasteiger partial charge is 0.497 e. The lowest BCUT2D eigenvalue weighted by Gasteiger charge is -2.04. The van der Waals surface area contributed by atoms with Crippen molar-refractivity contribution >= 4 is 0 Å². The third-order valence-corrected chi connectivity index (χ3v) is 3.08. The predicted molar refractivity (Wildman–Crippen MR) is 73.5 cm³/mol. The molecule has 2 N–H and O–H groups in total. The fourth-order valence-corrected chi connectivity index (χ4v) is 1.97. The Balaban J connectivity index is 2.05. The minimum absolute atomic E-state index is 0.839. The zero-order chi connectivity index (χ0) is 12.3. The van der Waals surface area contributed by atoms with E-state index in [1.54, 1.807) is 7.11 Å². The van der Waals surface area contributed by atoms with E-state index in [2.05, 4.69) is 12.1 Å². The summed E-state index contributed by atoms with van der Waals surface area (Å²) in [6.07, 6.45) is 8.94. The van der Waals surface area contributed by atoms with Crippen LogP contribution in [0.5, 0.6) is 5.75 Å². The maximum atomic E-state index is 5.46. The normalized spacial score (nSPS) is 10.5. The van der Waals surface area contributed by atoms with Gasteiger partial charge in [-0.05, 0) is 43.5 Å². The molecule has 1 rings (SSSR count). The molecule has 0 aliphatic heterocycles. The van der Waals surface area contributed by atoms with Crippen molar-refractivity contribution in [1.82, 2.24) is 0 Å². The summed E-state index contributed by atoms with van der Waals surface area (Å²) < 4.78 is 5.14. The van der Waals surface area contributed by atoms with Gasteiger partial charge in [0.15, 0.2) is 0 Å². The van der Waals surface area contributed by atoms with E-state index in [-0.39, 0.29) is 0 Å². The van der Waals surface area contributed by atoms with E-state index >= 15 is 0 Å². The highest BCUT2D eigenvalue weighted by molar-refractivity contribution is 5.27. The van der Waals surface area contributed by atoms with Gasteiger partial charge in [-0.15, -0.1) is 0 Å². The summed E-state index contributed by atoms with van der Waals surface area (Å²) in [7, 11) is 1.70. The average molecular weight is 235 g/mol. The summed E-state index contributed by atoms with van der Waals surface area (Å²) in [6.45, 7) is 0.839. The molecule has 0 fully saturated rings. The zero-order valence-corrected chi connectivity index (χ0v) is 11.0. The summed E-state index contributed by atoms with van der Waals surface area (Å²) in [5.41, 5.74) is 6.87. The number of nitrogens with two attached hydrogens (primary N) is 1. The molecule has 1 aromatic rings. The van der Waals surface area contributed by atoms with Crippen LogP contribution in [-0.2, 0) is 6.42 Å². The van der Waals surface area contributed by atoms with Crippen LogP contribution in [0.1, 0.15) is 44.1 Å². The van der Waals surface area contributed by atoms with Crippen molar-refractivity contribution in [3.8, 4) is 5.75 Å². The minimum Gasteiger partial charge on any atom is -0.497 e. The van der Waals surface area contributed by atoms with Crippen LogP contribution in [0.3, 0.4) is 0 Å². The SMILES string of the molecule is COc1ccc(CCCCCCCCN)cc1. The Hall–Kier alpha value is -1.02. The quantitative estimate of drug-likeness (QED) is 0.664. The molecule has 0 saturated heterocycles. The molecule has 2 nitrogen and oxygen atoms in total. The lowest BCUT2D eigenvalue weighted by atomic mass is 10.0. The maximum absolute atomic E-state index is 5.46. The number of unbranched alkanes of at least 4 members (excludes halogenated alkanes) is 5. The predicted octanol–water partition coefficient (Wildman–Crippen LogP) is 3.54. The van der Waals surface area contributed by atoms with E-state index in [0.29, 0.717) is 0 Å². The van der Waals surface area contributed by atoms with Gasteiger partial charge < -0.3 is 10.5 Å². The first kappa shape index (κ1) is 14.0. The number of ether oxygens (including phenoxy) is 1. The Kier molecular flexibility index (Phi) is 7.48. The summed E-state index contributed by atoms with van der Waals surface area (Å²) in [5.74, 6) is 0.940. The topological polar surface area (TPSA) is 35.2 Å². The molecule has 0 radical (unpaired) electrons. The molecule has 0 amide bonds. The maximum Gasteiger partial charge on any atom is 0.118 e. The highest BCUT2D eigenvalue weighted by Crippen LogP contribution is 2.14. The molecule has 17 heavy (non-hydrogen) atoms. The number of aryl methyl sites for hydroxylation is 1. The van der Waals surface area contributed by atoms with Gasteiger partial charge in [0.1, 0.15) is 5.75 Å². The number of rotatable bonds is 9. The van der Waals surface area contributed by atoms with Crippen LogP contribution in [0, 0.1) is 0 Å². The second kappa shape index (κ2) is 9.06. The Bertz CT molecular complexity index is 281. The molecule has 1 aromatic carbocycles. The van der Waals surface area contributed by atoms with Gasteiger partial charge in [-0.3, -0.25) is 0 Å². The van der Waals surface area contributed by atoms with Crippen molar-refractivity contribution < 1.29 is 4.74 Å². The molecule has 0 spiro atoms. The van der Waals surface area contributed by atoms with Crippen molar-refractivity contribution in [3.05, 3.63) is 29.8 Å². The number of methoxy groups -OCH3 is 1. The van der Waals surface area contributed by atoms with Gasteiger partial charge in [-0.2, -0.15) is 0 Å². The third kappa shape index (κ3) is 6.32. The van der Waals surface area contributed by atoms with Gasteiger partial charge in [-0.1, -0.05) is 37.8 Å². The molecule has 0 aliphatic rings. The van der Waals surface area contributed by atoms with Crippen LogP contribution in [0.15, 0.2) is 24.3 Å². The molecule has 0 saturated carbocycles. The van der Waals surface area contributed by atoms with Gasteiger partial charge >= 0.3 is 0 Å². The molecule has 0 aromatic heterocycles. The summed E-state index contributed by atoms with van der Waals surface area (Å²) >= 11 is 0. The Morgan fingerprint density at radius 1 is 0.882 bits per heavy atom. The van der Waals surface area contributed by atoms with E-state index in [1.165, 1.54) is 50.5 Å². The number of benzene rings is 1. The second-order valence-corrected chi connectivity index (χ2v) is 4.51. The number of hydrogen-bond donors (Lipinski definition) is 1. The van der Waals surface area contributed by atoms with Crippen LogP contribution in [-0.4, -0.2) is 13.7 Å². The van der Waals surface area contributed by atoms with Crippen LogP contribution in [0.25, 0.3) is 0 Å². The fourth-order valence-electron chi connectivity index (χ4n) is 1.97. The van der Waals surface area contributed by atoms with Crippen LogP contribution in [0.2, 0.25) is 0 Å². The molecule has 0 heterocycles. The molecule has 2 heteroatoms. The van der Waals surface area contributed by atoms with E-state index in [4.69, 9.17) is 10.5 Å². The molecule has 0 aliphatic carbocycles. The van der Waals surface area contributed by atoms with E-state index < -0.39 is 0 Å². The van der Waals surface area contributed by atoms with Crippen molar-refractivity contribution in [2.24, 2.45) is 5.73 Å². The van der Waals surface area contributed by atoms with E-state index in [0.717, 1.165) is 12.3 Å². The van der Waals surface area contributed by atoms with Crippen LogP contribution < -0.4 is 10.5 Å². The monoisotopic (exact) mass is 235 g/mol. The van der Waals surface area contributed by atoms with Crippen LogP contribution >= 0.6 is 0 Å². The van der Waals surface area contributed by atoms with Gasteiger partial charge in [0.25, 0.3) is 0 Å². The first-order chi connectivity index (χ1) is 8.36. The van der Waals surface area contributed by atoms with Crippen molar-refractivity contribution in [1.29, 1.82) is 0 Å².